The van der Waals surface area contributed by atoms with Crippen molar-refractivity contribution in [2.75, 3.05) is 18.5 Å². The van der Waals surface area contributed by atoms with Crippen molar-refractivity contribution in [3.8, 4) is 11.5 Å². The van der Waals surface area contributed by atoms with E-state index in [2.05, 4.69) is 10.3 Å². The number of nitrogens with one attached hydrogen (secondary N) is 1. The van der Waals surface area contributed by atoms with Crippen molar-refractivity contribution < 1.29 is 19.1 Å². The lowest BCUT2D eigenvalue weighted by molar-refractivity contribution is -0.137. The quantitative estimate of drug-likeness (QED) is 0.606. The molecule has 2 aliphatic rings. The van der Waals surface area contributed by atoms with Gasteiger partial charge in [0.05, 0.1) is 12.1 Å². The van der Waals surface area contributed by atoms with E-state index in [1.54, 1.807) is 36.7 Å². The Bertz CT molecular complexity index is 1280. The fourth-order valence-electron chi connectivity index (χ4n) is 3.94. The van der Waals surface area contributed by atoms with Gasteiger partial charge >= 0.3 is 0 Å². The molecule has 0 saturated carbocycles. The van der Waals surface area contributed by atoms with Crippen LogP contribution in [0.15, 0.2) is 66.6 Å². The Morgan fingerprint density at radius 3 is 2.52 bits per heavy atom. The topological polar surface area (TPSA) is 80.8 Å². The van der Waals surface area contributed by atoms with Crippen molar-refractivity contribution in [2.45, 2.75) is 20.4 Å². The first-order chi connectivity index (χ1) is 16.0. The summed E-state index contributed by atoms with van der Waals surface area (Å²) in [5.74, 6) is 0.532. The number of aryl methyl sites for hydroxylation is 2. The number of carbonyl (C=O) groups excluding carboxylic acids is 2. The molecule has 0 bridgehead atoms. The zero-order chi connectivity index (χ0) is 22.9. The van der Waals surface area contributed by atoms with E-state index in [1.165, 1.54) is 4.90 Å². The fourth-order valence-corrected chi connectivity index (χ4v) is 3.94. The lowest BCUT2D eigenvalue weighted by atomic mass is 9.99. The average Bonchev–Trinajstić information content (AvgIpc) is 3.06. The molecule has 7 heteroatoms. The van der Waals surface area contributed by atoms with Crippen LogP contribution in [0.2, 0.25) is 0 Å². The van der Waals surface area contributed by atoms with Gasteiger partial charge in [-0.1, -0.05) is 24.3 Å². The van der Waals surface area contributed by atoms with Crippen LogP contribution in [0.25, 0.3) is 5.57 Å². The van der Waals surface area contributed by atoms with Crippen molar-refractivity contribution in [1.82, 2.24) is 9.88 Å². The van der Waals surface area contributed by atoms with Crippen LogP contribution in [0.4, 0.5) is 5.69 Å². The molecule has 5 rings (SSSR count). The Morgan fingerprint density at radius 1 is 0.939 bits per heavy atom. The minimum absolute atomic E-state index is 0.145. The van der Waals surface area contributed by atoms with E-state index in [0.717, 1.165) is 16.7 Å². The summed E-state index contributed by atoms with van der Waals surface area (Å²) >= 11 is 0. The summed E-state index contributed by atoms with van der Waals surface area (Å²) < 4.78 is 11.3. The largest absolute Gasteiger partial charge is 0.486 e. The third-order valence-electron chi connectivity index (χ3n) is 5.84. The maximum Gasteiger partial charge on any atom is 0.278 e. The van der Waals surface area contributed by atoms with E-state index in [1.807, 2.05) is 38.1 Å². The summed E-state index contributed by atoms with van der Waals surface area (Å²) in [7, 11) is 0. The molecular weight excluding hydrogens is 418 g/mol. The van der Waals surface area contributed by atoms with Gasteiger partial charge in [0.25, 0.3) is 11.8 Å². The molecule has 1 aromatic heterocycles. The third kappa shape index (κ3) is 3.93. The van der Waals surface area contributed by atoms with Gasteiger partial charge < -0.3 is 14.8 Å². The van der Waals surface area contributed by atoms with Crippen LogP contribution in [-0.4, -0.2) is 34.9 Å². The highest BCUT2D eigenvalue weighted by Gasteiger charge is 2.39. The number of carbonyl (C=O) groups is 2. The maximum absolute atomic E-state index is 13.5. The number of benzene rings is 2. The molecule has 0 saturated heterocycles. The highest BCUT2D eigenvalue weighted by Crippen LogP contribution is 2.36. The summed E-state index contributed by atoms with van der Waals surface area (Å²) in [5, 5.41) is 3.19. The fraction of sp³-hybridized carbons (Fsp3) is 0.192. The smallest absolute Gasteiger partial charge is 0.278 e. The number of imide groups is 1. The van der Waals surface area contributed by atoms with Gasteiger partial charge in [-0.3, -0.25) is 19.5 Å². The number of aromatic nitrogens is 1. The molecule has 0 spiro atoms. The van der Waals surface area contributed by atoms with Gasteiger partial charge in [0.1, 0.15) is 18.9 Å². The number of ether oxygens (including phenoxy) is 2. The normalized spacial score (nSPS) is 15.3. The highest BCUT2D eigenvalue weighted by atomic mass is 16.6. The number of anilines is 1. The van der Waals surface area contributed by atoms with E-state index in [9.17, 15) is 9.59 Å². The van der Waals surface area contributed by atoms with Crippen molar-refractivity contribution >= 4 is 23.1 Å². The van der Waals surface area contributed by atoms with Crippen LogP contribution >= 0.6 is 0 Å². The molecule has 0 fully saturated rings. The van der Waals surface area contributed by atoms with E-state index in [0.29, 0.717) is 41.5 Å². The van der Waals surface area contributed by atoms with Crippen LogP contribution in [0.1, 0.15) is 22.3 Å². The lowest BCUT2D eigenvalue weighted by Gasteiger charge is -2.19. The number of fused-ring (bicyclic) bond motifs is 1. The molecule has 3 heterocycles. The molecule has 1 N–H and O–H groups in total. The Hall–Kier alpha value is -4.13. The van der Waals surface area contributed by atoms with E-state index >= 15 is 0 Å². The maximum atomic E-state index is 13.5. The second-order valence-electron chi connectivity index (χ2n) is 8.09. The summed E-state index contributed by atoms with van der Waals surface area (Å²) in [6, 6.07) is 14.8. The minimum atomic E-state index is -0.382. The second kappa shape index (κ2) is 8.43. The van der Waals surface area contributed by atoms with Gasteiger partial charge in [0.2, 0.25) is 0 Å². The number of amides is 2. The van der Waals surface area contributed by atoms with Gasteiger partial charge in [-0.15, -0.1) is 0 Å². The highest BCUT2D eigenvalue weighted by molar-refractivity contribution is 6.36. The SMILES string of the molecule is Cc1ccc(C2=C(Nc3ccc4c(c3)OCCO4)C(=O)N(Cc3cccnc3)C2=O)cc1C. The molecule has 166 valence electrons. The molecular formula is C26H23N3O4. The van der Waals surface area contributed by atoms with Crippen molar-refractivity contribution in [2.24, 2.45) is 0 Å². The zero-order valence-electron chi connectivity index (χ0n) is 18.4. The monoisotopic (exact) mass is 441 g/mol. The Morgan fingerprint density at radius 2 is 1.76 bits per heavy atom. The van der Waals surface area contributed by atoms with Gasteiger partial charge in [0.15, 0.2) is 11.5 Å². The molecule has 33 heavy (non-hydrogen) atoms. The Balaban J connectivity index is 1.55. The number of hydrogen-bond donors (Lipinski definition) is 1. The van der Waals surface area contributed by atoms with Crippen LogP contribution in [0, 0.1) is 13.8 Å². The molecule has 0 atom stereocenters. The summed E-state index contributed by atoms with van der Waals surface area (Å²) in [4.78, 5) is 32.3. The number of hydrogen-bond acceptors (Lipinski definition) is 6. The first-order valence-corrected chi connectivity index (χ1v) is 10.7. The molecule has 0 aliphatic carbocycles. The van der Waals surface area contributed by atoms with E-state index < -0.39 is 0 Å². The van der Waals surface area contributed by atoms with Crippen molar-refractivity contribution in [3.05, 3.63) is 88.9 Å². The standard InChI is InChI=1S/C26H23N3O4/c1-16-5-6-19(12-17(16)2)23-24(28-20-7-8-21-22(13-20)33-11-10-32-21)26(31)29(25(23)30)15-18-4-3-9-27-14-18/h3-9,12-14,28H,10-11,15H2,1-2H3. The first-order valence-electron chi connectivity index (χ1n) is 10.7. The Kier molecular flexibility index (Phi) is 5.30. The predicted molar refractivity (Wildman–Crippen MR) is 124 cm³/mol. The minimum Gasteiger partial charge on any atom is -0.486 e. The molecule has 2 amide bonds. The van der Waals surface area contributed by atoms with E-state index in [4.69, 9.17) is 9.47 Å². The average molecular weight is 441 g/mol. The van der Waals surface area contributed by atoms with Crippen molar-refractivity contribution in [3.63, 3.8) is 0 Å². The summed E-state index contributed by atoms with van der Waals surface area (Å²) in [5.41, 5.74) is 4.87. The molecule has 2 aliphatic heterocycles. The molecule has 7 nitrogen and oxygen atoms in total. The number of nitrogens with zero attached hydrogens (tertiary/aromatic N) is 2. The Labute approximate surface area is 191 Å². The van der Waals surface area contributed by atoms with Crippen LogP contribution in [0.3, 0.4) is 0 Å². The first kappa shape index (κ1) is 20.8. The van der Waals surface area contributed by atoms with Gasteiger partial charge in [0, 0.05) is 24.1 Å². The van der Waals surface area contributed by atoms with E-state index in [-0.39, 0.29) is 24.1 Å². The van der Waals surface area contributed by atoms with Gasteiger partial charge in [-0.2, -0.15) is 0 Å². The zero-order valence-corrected chi connectivity index (χ0v) is 18.4. The summed E-state index contributed by atoms with van der Waals surface area (Å²) in [6.45, 7) is 5.10. The van der Waals surface area contributed by atoms with Crippen LogP contribution in [0.5, 0.6) is 11.5 Å². The lowest BCUT2D eigenvalue weighted by Crippen LogP contribution is -2.32. The van der Waals surface area contributed by atoms with Crippen molar-refractivity contribution in [1.29, 1.82) is 0 Å². The van der Waals surface area contributed by atoms with Gasteiger partial charge in [-0.25, -0.2) is 0 Å². The second-order valence-corrected chi connectivity index (χ2v) is 8.09. The van der Waals surface area contributed by atoms with Crippen LogP contribution < -0.4 is 14.8 Å². The third-order valence-corrected chi connectivity index (χ3v) is 5.84. The summed E-state index contributed by atoms with van der Waals surface area (Å²) in [6.07, 6.45) is 3.31. The van der Waals surface area contributed by atoms with Gasteiger partial charge in [-0.05, 0) is 54.3 Å². The molecule has 0 radical (unpaired) electrons. The molecule has 2 aromatic carbocycles. The van der Waals surface area contributed by atoms with Crippen LogP contribution in [-0.2, 0) is 16.1 Å². The predicted octanol–water partition coefficient (Wildman–Crippen LogP) is 3.86. The number of pyridine rings is 1. The molecule has 3 aromatic rings. The number of rotatable bonds is 5. The molecule has 0 unspecified atom stereocenters.